The van der Waals surface area contributed by atoms with Crippen molar-refractivity contribution in [3.63, 3.8) is 0 Å². The van der Waals surface area contributed by atoms with Crippen LogP contribution in [0.5, 0.6) is 0 Å². The molecule has 0 aliphatic heterocycles. The van der Waals surface area contributed by atoms with Crippen LogP contribution in [-0.4, -0.2) is 22.8 Å². The molecule has 0 saturated carbocycles. The molecule has 2 N–H and O–H groups in total. The van der Waals surface area contributed by atoms with Crippen molar-refractivity contribution in [2.75, 3.05) is 0 Å². The number of benzene rings is 1. The van der Waals surface area contributed by atoms with Gasteiger partial charge in [0.25, 0.3) is 0 Å². The lowest BCUT2D eigenvalue weighted by Crippen LogP contribution is -2.38. The van der Waals surface area contributed by atoms with Gasteiger partial charge in [0.05, 0.1) is 0 Å². The fourth-order valence-electron chi connectivity index (χ4n) is 1.37. The fraction of sp³-hybridized carbons (Fsp3) is 0.385. The number of rotatable bonds is 3. The highest BCUT2D eigenvalue weighted by molar-refractivity contribution is 9.10. The Morgan fingerprint density at radius 1 is 1.26 bits per heavy atom. The maximum atomic E-state index is 11.6. The zero-order valence-corrected chi connectivity index (χ0v) is 12.5. The molecule has 1 aromatic carbocycles. The Bertz CT molecular complexity index is 465. The van der Waals surface area contributed by atoms with E-state index in [1.165, 1.54) is 0 Å². The summed E-state index contributed by atoms with van der Waals surface area (Å²) in [6.45, 7) is 5.13. The van der Waals surface area contributed by atoms with E-state index in [0.717, 1.165) is 4.47 Å². The number of amides is 1. The minimum Gasteiger partial charge on any atom is -0.479 e. The number of carboxylic acids is 1. The molecule has 5 nitrogen and oxygen atoms in total. The molecule has 1 aromatic rings. The molecule has 6 heteroatoms. The predicted molar refractivity (Wildman–Crippen MR) is 73.9 cm³/mol. The summed E-state index contributed by atoms with van der Waals surface area (Å²) in [5, 5.41) is 11.5. The van der Waals surface area contributed by atoms with Gasteiger partial charge >= 0.3 is 12.1 Å². The number of carbonyl (C=O) groups is 2. The number of aliphatic carboxylic acids is 1. The molecule has 1 rings (SSSR count). The van der Waals surface area contributed by atoms with E-state index in [9.17, 15) is 9.59 Å². The van der Waals surface area contributed by atoms with Gasteiger partial charge in [-0.3, -0.25) is 0 Å². The SMILES string of the molecule is CC(C)(C)OC(=O)N[C@H](C(=O)O)c1ccc(Br)cc1. The van der Waals surface area contributed by atoms with Crippen molar-refractivity contribution in [2.24, 2.45) is 0 Å². The van der Waals surface area contributed by atoms with Gasteiger partial charge in [-0.2, -0.15) is 0 Å². The van der Waals surface area contributed by atoms with E-state index in [1.54, 1.807) is 45.0 Å². The van der Waals surface area contributed by atoms with Gasteiger partial charge in [0, 0.05) is 4.47 Å². The summed E-state index contributed by atoms with van der Waals surface area (Å²) in [4.78, 5) is 22.8. The van der Waals surface area contributed by atoms with Crippen LogP contribution < -0.4 is 5.32 Å². The van der Waals surface area contributed by atoms with Crippen molar-refractivity contribution >= 4 is 28.0 Å². The molecular formula is C13H16BrNO4. The Labute approximate surface area is 120 Å². The first-order chi connectivity index (χ1) is 8.69. The average molecular weight is 330 g/mol. The number of nitrogens with one attached hydrogen (secondary N) is 1. The van der Waals surface area contributed by atoms with Gasteiger partial charge in [-0.1, -0.05) is 28.1 Å². The van der Waals surface area contributed by atoms with Crippen LogP contribution in [0.3, 0.4) is 0 Å². The van der Waals surface area contributed by atoms with Gasteiger partial charge in [-0.15, -0.1) is 0 Å². The number of halogens is 1. The number of ether oxygens (including phenoxy) is 1. The third kappa shape index (κ3) is 5.30. The maximum absolute atomic E-state index is 11.6. The van der Waals surface area contributed by atoms with Gasteiger partial charge in [0.1, 0.15) is 5.60 Å². The van der Waals surface area contributed by atoms with Crippen molar-refractivity contribution in [2.45, 2.75) is 32.4 Å². The lowest BCUT2D eigenvalue weighted by atomic mass is 10.1. The molecule has 104 valence electrons. The van der Waals surface area contributed by atoms with Crippen LogP contribution in [0, 0.1) is 0 Å². The van der Waals surface area contributed by atoms with Crippen molar-refractivity contribution in [3.8, 4) is 0 Å². The van der Waals surface area contributed by atoms with Crippen LogP contribution in [0.4, 0.5) is 4.79 Å². The normalized spacial score (nSPS) is 12.6. The van der Waals surface area contributed by atoms with E-state index >= 15 is 0 Å². The van der Waals surface area contributed by atoms with Crippen LogP contribution >= 0.6 is 15.9 Å². The molecule has 1 amide bonds. The summed E-state index contributed by atoms with van der Waals surface area (Å²) in [5.41, 5.74) is -0.200. The minimum absolute atomic E-state index is 0.474. The fourth-order valence-corrected chi connectivity index (χ4v) is 1.63. The highest BCUT2D eigenvalue weighted by atomic mass is 79.9. The highest BCUT2D eigenvalue weighted by Crippen LogP contribution is 2.18. The molecule has 0 aliphatic rings. The Morgan fingerprint density at radius 3 is 2.21 bits per heavy atom. The molecule has 0 saturated heterocycles. The van der Waals surface area contributed by atoms with E-state index in [1.807, 2.05) is 0 Å². The standard InChI is InChI=1S/C13H16BrNO4/c1-13(2,3)19-12(18)15-10(11(16)17)8-4-6-9(14)7-5-8/h4-7,10H,1-3H3,(H,15,18)(H,16,17)/t10-/m0/s1. The minimum atomic E-state index is -1.15. The largest absolute Gasteiger partial charge is 0.479 e. The second-order valence-electron chi connectivity index (χ2n) is 4.97. The lowest BCUT2D eigenvalue weighted by molar-refractivity contribution is -0.139. The zero-order chi connectivity index (χ0) is 14.6. The number of hydrogen-bond acceptors (Lipinski definition) is 3. The molecule has 0 radical (unpaired) electrons. The molecule has 0 unspecified atom stereocenters. The molecule has 0 fully saturated rings. The zero-order valence-electron chi connectivity index (χ0n) is 10.9. The Hall–Kier alpha value is -1.56. The first kappa shape index (κ1) is 15.5. The average Bonchev–Trinajstić information content (AvgIpc) is 2.24. The van der Waals surface area contributed by atoms with Gasteiger partial charge in [-0.05, 0) is 38.5 Å². The number of carboxylic acid groups (broad SMARTS) is 1. The molecule has 0 heterocycles. The Balaban J connectivity index is 2.82. The second-order valence-corrected chi connectivity index (χ2v) is 5.88. The third-order valence-electron chi connectivity index (χ3n) is 2.11. The first-order valence-corrected chi connectivity index (χ1v) is 6.46. The van der Waals surface area contributed by atoms with Crippen LogP contribution in [0.15, 0.2) is 28.7 Å². The topological polar surface area (TPSA) is 75.6 Å². The van der Waals surface area contributed by atoms with Gasteiger partial charge in [0.2, 0.25) is 0 Å². The molecule has 1 atom stereocenters. The molecule has 19 heavy (non-hydrogen) atoms. The van der Waals surface area contributed by atoms with E-state index < -0.39 is 23.7 Å². The monoisotopic (exact) mass is 329 g/mol. The number of carbonyl (C=O) groups excluding carboxylic acids is 1. The summed E-state index contributed by atoms with van der Waals surface area (Å²) in [6.07, 6.45) is -0.761. The Morgan fingerprint density at radius 2 is 1.79 bits per heavy atom. The summed E-state index contributed by atoms with van der Waals surface area (Å²) in [5.74, 6) is -1.15. The van der Waals surface area contributed by atoms with Gasteiger partial charge in [-0.25, -0.2) is 9.59 Å². The molecule has 0 aromatic heterocycles. The number of alkyl carbamates (subject to hydrolysis) is 1. The van der Waals surface area contributed by atoms with Crippen molar-refractivity contribution in [1.82, 2.24) is 5.32 Å². The van der Waals surface area contributed by atoms with E-state index in [2.05, 4.69) is 21.2 Å². The van der Waals surface area contributed by atoms with Crippen molar-refractivity contribution in [3.05, 3.63) is 34.3 Å². The van der Waals surface area contributed by atoms with E-state index in [4.69, 9.17) is 9.84 Å². The summed E-state index contributed by atoms with van der Waals surface area (Å²) >= 11 is 3.26. The van der Waals surface area contributed by atoms with Crippen LogP contribution in [0.2, 0.25) is 0 Å². The highest BCUT2D eigenvalue weighted by Gasteiger charge is 2.25. The van der Waals surface area contributed by atoms with E-state index in [0.29, 0.717) is 5.56 Å². The Kier molecular flexibility index (Phi) is 4.94. The summed E-state index contributed by atoms with van der Waals surface area (Å²) in [6, 6.07) is 5.54. The lowest BCUT2D eigenvalue weighted by Gasteiger charge is -2.22. The molecular weight excluding hydrogens is 314 g/mol. The number of hydrogen-bond donors (Lipinski definition) is 2. The predicted octanol–water partition coefficient (Wildman–Crippen LogP) is 3.10. The van der Waals surface area contributed by atoms with Crippen molar-refractivity contribution in [1.29, 1.82) is 0 Å². The van der Waals surface area contributed by atoms with Crippen LogP contribution in [0.25, 0.3) is 0 Å². The summed E-state index contributed by atoms with van der Waals surface area (Å²) < 4.78 is 5.87. The third-order valence-corrected chi connectivity index (χ3v) is 2.64. The van der Waals surface area contributed by atoms with Gasteiger partial charge in [0.15, 0.2) is 6.04 Å². The molecule has 0 aliphatic carbocycles. The van der Waals surface area contributed by atoms with E-state index in [-0.39, 0.29) is 0 Å². The first-order valence-electron chi connectivity index (χ1n) is 5.67. The van der Waals surface area contributed by atoms with Crippen molar-refractivity contribution < 1.29 is 19.4 Å². The summed E-state index contributed by atoms with van der Waals surface area (Å²) in [7, 11) is 0. The smallest absolute Gasteiger partial charge is 0.408 e. The molecule has 0 spiro atoms. The second kappa shape index (κ2) is 6.06. The van der Waals surface area contributed by atoms with Crippen LogP contribution in [0.1, 0.15) is 32.4 Å². The maximum Gasteiger partial charge on any atom is 0.408 e. The van der Waals surface area contributed by atoms with Gasteiger partial charge < -0.3 is 15.2 Å². The van der Waals surface area contributed by atoms with Crippen LogP contribution in [-0.2, 0) is 9.53 Å². The molecule has 0 bridgehead atoms. The quantitative estimate of drug-likeness (QED) is 0.893.